The Bertz CT molecular complexity index is 915. The first-order valence-corrected chi connectivity index (χ1v) is 10.7. The number of hydrogen-bond acceptors (Lipinski definition) is 6. The molecule has 1 N–H and O–H groups in total. The molecule has 0 radical (unpaired) electrons. The van der Waals surface area contributed by atoms with Crippen molar-refractivity contribution in [2.45, 2.75) is 12.8 Å². The van der Waals surface area contributed by atoms with E-state index in [0.717, 1.165) is 47.8 Å². The average Bonchev–Trinajstić information content (AvgIpc) is 2.84. The van der Waals surface area contributed by atoms with Gasteiger partial charge in [-0.3, -0.25) is 9.69 Å². The molecule has 0 bridgehead atoms. The molecule has 0 saturated heterocycles. The van der Waals surface area contributed by atoms with E-state index in [-0.39, 0.29) is 5.91 Å². The third-order valence-electron chi connectivity index (χ3n) is 5.59. The van der Waals surface area contributed by atoms with Crippen molar-refractivity contribution in [1.29, 1.82) is 0 Å². The highest BCUT2D eigenvalue weighted by Crippen LogP contribution is 2.40. The fourth-order valence-corrected chi connectivity index (χ4v) is 3.80. The van der Waals surface area contributed by atoms with Gasteiger partial charge in [0.25, 0.3) is 0 Å². The Morgan fingerprint density at radius 2 is 1.59 bits per heavy atom. The molecular formula is C25H32N2O5. The third kappa shape index (κ3) is 5.95. The second kappa shape index (κ2) is 11.4. The predicted molar refractivity (Wildman–Crippen MR) is 125 cm³/mol. The summed E-state index contributed by atoms with van der Waals surface area (Å²) in [5, 5.41) is 3.01. The number of carbonyl (C=O) groups excluding carboxylic acids is 1. The van der Waals surface area contributed by atoms with Crippen LogP contribution in [0.1, 0.15) is 17.5 Å². The van der Waals surface area contributed by atoms with Crippen molar-refractivity contribution in [2.24, 2.45) is 0 Å². The standard InChI is InChI=1S/C25H32N2O5/c1-29-20-7-5-18(6-8-20)9-12-26-24(28)17-27-13-10-19(11-14-27)25-22(31-3)15-21(30-2)16-23(25)32-4/h5-8,10,15-16H,9,11-14,17H2,1-4H3,(H,26,28). The van der Waals surface area contributed by atoms with Crippen molar-refractivity contribution in [3.05, 3.63) is 53.6 Å². The Kier molecular flexibility index (Phi) is 8.39. The van der Waals surface area contributed by atoms with Crippen LogP contribution in [0.2, 0.25) is 0 Å². The first-order chi connectivity index (χ1) is 15.6. The van der Waals surface area contributed by atoms with Crippen LogP contribution >= 0.6 is 0 Å². The Hall–Kier alpha value is -3.19. The normalized spacial score (nSPS) is 13.8. The SMILES string of the molecule is COc1ccc(CCNC(=O)CN2CC=C(c3c(OC)cc(OC)cc3OC)CC2)cc1. The van der Waals surface area contributed by atoms with E-state index in [4.69, 9.17) is 18.9 Å². The summed E-state index contributed by atoms with van der Waals surface area (Å²) < 4.78 is 21.7. The first kappa shape index (κ1) is 23.5. The fraction of sp³-hybridized carbons (Fsp3) is 0.400. The fourth-order valence-electron chi connectivity index (χ4n) is 3.80. The minimum absolute atomic E-state index is 0.0370. The van der Waals surface area contributed by atoms with Crippen molar-refractivity contribution in [1.82, 2.24) is 10.2 Å². The number of methoxy groups -OCH3 is 4. The van der Waals surface area contributed by atoms with Gasteiger partial charge in [0.05, 0.1) is 40.5 Å². The van der Waals surface area contributed by atoms with E-state index < -0.39 is 0 Å². The van der Waals surface area contributed by atoms with Crippen LogP contribution in [0.25, 0.3) is 5.57 Å². The second-order valence-electron chi connectivity index (χ2n) is 7.57. The summed E-state index contributed by atoms with van der Waals surface area (Å²) in [6.07, 6.45) is 3.73. The number of rotatable bonds is 10. The van der Waals surface area contributed by atoms with Crippen molar-refractivity contribution in [3.63, 3.8) is 0 Å². The lowest BCUT2D eigenvalue weighted by molar-refractivity contribution is -0.122. The Morgan fingerprint density at radius 1 is 0.938 bits per heavy atom. The van der Waals surface area contributed by atoms with Crippen LogP contribution in [0.5, 0.6) is 23.0 Å². The number of ether oxygens (including phenoxy) is 4. The smallest absolute Gasteiger partial charge is 0.234 e. The molecule has 7 heteroatoms. The number of nitrogens with zero attached hydrogens (tertiary/aromatic N) is 1. The molecule has 7 nitrogen and oxygen atoms in total. The Morgan fingerprint density at radius 3 is 2.12 bits per heavy atom. The molecule has 0 aliphatic carbocycles. The topological polar surface area (TPSA) is 69.3 Å². The van der Waals surface area contributed by atoms with Crippen LogP contribution in [-0.4, -0.2) is 65.4 Å². The number of benzene rings is 2. The average molecular weight is 441 g/mol. The molecule has 0 aromatic heterocycles. The van der Waals surface area contributed by atoms with Crippen LogP contribution in [0.15, 0.2) is 42.5 Å². The Labute approximate surface area is 189 Å². The summed E-state index contributed by atoms with van der Waals surface area (Å²) in [4.78, 5) is 14.5. The van der Waals surface area contributed by atoms with Crippen LogP contribution in [-0.2, 0) is 11.2 Å². The van der Waals surface area contributed by atoms with Gasteiger partial charge in [0.2, 0.25) is 5.91 Å². The highest BCUT2D eigenvalue weighted by Gasteiger charge is 2.21. The molecule has 172 valence electrons. The number of hydrogen-bond donors (Lipinski definition) is 1. The van der Waals surface area contributed by atoms with Crippen LogP contribution in [0, 0.1) is 0 Å². The number of carbonyl (C=O) groups is 1. The molecule has 0 atom stereocenters. The van der Waals surface area contributed by atoms with Gasteiger partial charge in [-0.25, -0.2) is 0 Å². The van der Waals surface area contributed by atoms with Gasteiger partial charge in [0.15, 0.2) is 0 Å². The molecule has 1 amide bonds. The maximum Gasteiger partial charge on any atom is 0.234 e. The zero-order valence-electron chi connectivity index (χ0n) is 19.3. The van der Waals surface area contributed by atoms with Gasteiger partial charge in [-0.05, 0) is 36.1 Å². The van der Waals surface area contributed by atoms with Gasteiger partial charge in [0, 0.05) is 31.8 Å². The molecule has 2 aromatic rings. The maximum absolute atomic E-state index is 12.4. The molecule has 1 aliphatic rings. The van der Waals surface area contributed by atoms with E-state index >= 15 is 0 Å². The largest absolute Gasteiger partial charge is 0.497 e. The van der Waals surface area contributed by atoms with Crippen molar-refractivity contribution >= 4 is 11.5 Å². The van der Waals surface area contributed by atoms with E-state index in [1.165, 1.54) is 5.56 Å². The predicted octanol–water partition coefficient (Wildman–Crippen LogP) is 3.17. The van der Waals surface area contributed by atoms with Crippen LogP contribution in [0.4, 0.5) is 0 Å². The molecule has 2 aromatic carbocycles. The van der Waals surface area contributed by atoms with Crippen molar-refractivity contribution in [2.75, 3.05) is 54.6 Å². The van der Waals surface area contributed by atoms with Gasteiger partial charge in [0.1, 0.15) is 23.0 Å². The molecule has 3 rings (SSSR count). The molecule has 0 saturated carbocycles. The lowest BCUT2D eigenvalue weighted by atomic mass is 9.97. The number of nitrogens with one attached hydrogen (secondary N) is 1. The summed E-state index contributed by atoms with van der Waals surface area (Å²) in [6.45, 7) is 2.47. The molecular weight excluding hydrogens is 408 g/mol. The van der Waals surface area contributed by atoms with Crippen molar-refractivity contribution in [3.8, 4) is 23.0 Å². The summed E-state index contributed by atoms with van der Waals surface area (Å²) in [5.74, 6) is 3.00. The molecule has 0 fully saturated rings. The van der Waals surface area contributed by atoms with Gasteiger partial charge in [-0.15, -0.1) is 0 Å². The summed E-state index contributed by atoms with van der Waals surface area (Å²) in [6, 6.07) is 11.6. The summed E-state index contributed by atoms with van der Waals surface area (Å²) in [7, 11) is 6.55. The van der Waals surface area contributed by atoms with Gasteiger partial charge >= 0.3 is 0 Å². The van der Waals surface area contributed by atoms with Gasteiger partial charge < -0.3 is 24.3 Å². The van der Waals surface area contributed by atoms with Gasteiger partial charge in [-0.1, -0.05) is 18.2 Å². The third-order valence-corrected chi connectivity index (χ3v) is 5.59. The van der Waals surface area contributed by atoms with E-state index in [1.807, 2.05) is 36.4 Å². The monoisotopic (exact) mass is 440 g/mol. The second-order valence-corrected chi connectivity index (χ2v) is 7.57. The van der Waals surface area contributed by atoms with E-state index in [0.29, 0.717) is 25.4 Å². The molecule has 1 aliphatic heterocycles. The zero-order valence-corrected chi connectivity index (χ0v) is 19.3. The molecule has 0 unspecified atom stereocenters. The van der Waals surface area contributed by atoms with E-state index in [1.54, 1.807) is 28.4 Å². The van der Waals surface area contributed by atoms with Crippen LogP contribution < -0.4 is 24.3 Å². The van der Waals surface area contributed by atoms with Gasteiger partial charge in [-0.2, -0.15) is 0 Å². The minimum atomic E-state index is 0.0370. The summed E-state index contributed by atoms with van der Waals surface area (Å²) in [5.41, 5.74) is 3.26. The first-order valence-electron chi connectivity index (χ1n) is 10.7. The van der Waals surface area contributed by atoms with Crippen LogP contribution in [0.3, 0.4) is 0 Å². The molecule has 32 heavy (non-hydrogen) atoms. The lowest BCUT2D eigenvalue weighted by Crippen LogP contribution is -2.39. The van der Waals surface area contributed by atoms with Crippen molar-refractivity contribution < 1.29 is 23.7 Å². The Balaban J connectivity index is 1.53. The summed E-state index contributed by atoms with van der Waals surface area (Å²) >= 11 is 0. The molecule has 0 spiro atoms. The number of amides is 1. The van der Waals surface area contributed by atoms with E-state index in [2.05, 4.69) is 16.3 Å². The highest BCUT2D eigenvalue weighted by atomic mass is 16.5. The highest BCUT2D eigenvalue weighted by molar-refractivity contribution is 5.79. The zero-order chi connectivity index (χ0) is 22.9. The molecule has 1 heterocycles. The minimum Gasteiger partial charge on any atom is -0.497 e. The maximum atomic E-state index is 12.4. The quantitative estimate of drug-likeness (QED) is 0.612. The lowest BCUT2D eigenvalue weighted by Gasteiger charge is -2.27. The van der Waals surface area contributed by atoms with E-state index in [9.17, 15) is 4.79 Å².